The van der Waals surface area contributed by atoms with Gasteiger partial charge in [0.05, 0.1) is 0 Å². The second kappa shape index (κ2) is 12.3. The maximum Gasteiger partial charge on any atom is 0.223 e. The van der Waals surface area contributed by atoms with Gasteiger partial charge in [-0.25, -0.2) is 0 Å². The summed E-state index contributed by atoms with van der Waals surface area (Å²) in [5, 5.41) is 7.00. The van der Waals surface area contributed by atoms with Crippen LogP contribution in [-0.4, -0.2) is 23.9 Å². The molecule has 0 spiro atoms. The van der Waals surface area contributed by atoms with Crippen molar-refractivity contribution in [3.05, 3.63) is 0 Å². The third kappa shape index (κ3) is 8.97. The van der Waals surface area contributed by atoms with Crippen LogP contribution in [0.5, 0.6) is 0 Å². The lowest BCUT2D eigenvalue weighted by Crippen LogP contribution is -2.49. The molecule has 0 heterocycles. The highest BCUT2D eigenvalue weighted by Crippen LogP contribution is 2.47. The smallest absolute Gasteiger partial charge is 0.223 e. The molecule has 3 fully saturated rings. The first-order valence-corrected chi connectivity index (χ1v) is 16.7. The summed E-state index contributed by atoms with van der Waals surface area (Å²) in [7, 11) is 0. The second-order valence-electron chi connectivity index (χ2n) is 18.6. The van der Waals surface area contributed by atoms with Crippen molar-refractivity contribution >= 4 is 11.8 Å². The molecule has 4 atom stereocenters. The highest BCUT2D eigenvalue weighted by molar-refractivity contribution is 5.81. The Bertz CT molecular complexity index is 741. The van der Waals surface area contributed by atoms with Crippen molar-refractivity contribution in [2.45, 2.75) is 159 Å². The number of hydrogen-bond acceptors (Lipinski definition) is 2. The number of nitrogens with one attached hydrogen (secondary N) is 2. The Morgan fingerprint density at radius 1 is 0.425 bits per heavy atom. The van der Waals surface area contributed by atoms with Crippen molar-refractivity contribution < 1.29 is 9.59 Å². The largest absolute Gasteiger partial charge is 0.353 e. The predicted octanol–water partition coefficient (Wildman–Crippen LogP) is 8.78. The molecule has 0 radical (unpaired) electrons. The zero-order valence-corrected chi connectivity index (χ0v) is 28.5. The molecule has 0 aliphatic heterocycles. The lowest BCUT2D eigenvalue weighted by Gasteiger charge is -2.46. The van der Waals surface area contributed by atoms with E-state index in [2.05, 4.69) is 93.7 Å². The molecule has 3 aliphatic rings. The summed E-state index contributed by atoms with van der Waals surface area (Å²) in [6.45, 7) is 28.3. The van der Waals surface area contributed by atoms with E-state index < -0.39 is 0 Å². The molecule has 2 N–H and O–H groups in total. The van der Waals surface area contributed by atoms with E-state index in [4.69, 9.17) is 0 Å². The zero-order chi connectivity index (χ0) is 30.3. The van der Waals surface area contributed by atoms with Gasteiger partial charge in [-0.2, -0.15) is 0 Å². The first-order chi connectivity index (χ1) is 18.1. The molecule has 0 aromatic rings. The van der Waals surface area contributed by atoms with Crippen LogP contribution in [0.1, 0.15) is 147 Å². The van der Waals surface area contributed by atoms with Crippen LogP contribution >= 0.6 is 0 Å². The van der Waals surface area contributed by atoms with Crippen molar-refractivity contribution in [3.63, 3.8) is 0 Å². The molecule has 40 heavy (non-hydrogen) atoms. The molecule has 3 aliphatic carbocycles. The minimum Gasteiger partial charge on any atom is -0.353 e. The summed E-state index contributed by atoms with van der Waals surface area (Å²) in [5.74, 6) is 3.10. The second-order valence-corrected chi connectivity index (χ2v) is 18.6. The molecule has 4 nitrogen and oxygen atoms in total. The maximum absolute atomic E-state index is 13.4. The van der Waals surface area contributed by atoms with Gasteiger partial charge >= 0.3 is 0 Å². The molecule has 0 bridgehead atoms. The molecule has 0 aromatic heterocycles. The van der Waals surface area contributed by atoms with Gasteiger partial charge in [-0.3, -0.25) is 9.59 Å². The highest BCUT2D eigenvalue weighted by atomic mass is 16.2. The number of hydrogen-bond donors (Lipinski definition) is 2. The van der Waals surface area contributed by atoms with Crippen LogP contribution in [0.25, 0.3) is 0 Å². The normalized spacial score (nSPS) is 34.7. The van der Waals surface area contributed by atoms with Gasteiger partial charge in [-0.1, -0.05) is 83.1 Å². The summed E-state index contributed by atoms with van der Waals surface area (Å²) >= 11 is 0. The Balaban J connectivity index is 1.54. The Hall–Kier alpha value is -1.06. The summed E-state index contributed by atoms with van der Waals surface area (Å²) < 4.78 is 0. The van der Waals surface area contributed by atoms with Crippen LogP contribution < -0.4 is 10.6 Å². The monoisotopic (exact) mass is 559 g/mol. The average Bonchev–Trinajstić information content (AvgIpc) is 2.81. The molecule has 0 saturated heterocycles. The van der Waals surface area contributed by atoms with E-state index in [9.17, 15) is 9.59 Å². The molecule has 232 valence electrons. The molecular formula is C36H66N2O2. The lowest BCUT2D eigenvalue weighted by atomic mass is 9.62. The van der Waals surface area contributed by atoms with Gasteiger partial charge in [0.1, 0.15) is 0 Å². The van der Waals surface area contributed by atoms with Crippen LogP contribution in [0, 0.1) is 57.2 Å². The van der Waals surface area contributed by atoms with Gasteiger partial charge < -0.3 is 10.6 Å². The fourth-order valence-electron chi connectivity index (χ4n) is 7.96. The maximum atomic E-state index is 13.4. The molecule has 2 amide bonds. The average molecular weight is 559 g/mol. The van der Waals surface area contributed by atoms with E-state index in [1.54, 1.807) is 0 Å². The summed E-state index contributed by atoms with van der Waals surface area (Å²) in [6, 6.07) is 0.544. The quantitative estimate of drug-likeness (QED) is 0.362. The van der Waals surface area contributed by atoms with E-state index in [0.29, 0.717) is 23.7 Å². The minimum absolute atomic E-state index is 0.0531. The fourth-order valence-corrected chi connectivity index (χ4v) is 7.96. The van der Waals surface area contributed by atoms with Crippen LogP contribution in [0.2, 0.25) is 0 Å². The van der Waals surface area contributed by atoms with E-state index in [1.807, 2.05) is 0 Å². The topological polar surface area (TPSA) is 58.2 Å². The van der Waals surface area contributed by atoms with Crippen molar-refractivity contribution in [1.29, 1.82) is 0 Å². The summed E-state index contributed by atoms with van der Waals surface area (Å²) in [4.78, 5) is 26.8. The molecule has 0 aromatic carbocycles. The summed E-state index contributed by atoms with van der Waals surface area (Å²) in [5.41, 5.74) is 1.04. The van der Waals surface area contributed by atoms with Crippen LogP contribution in [0.4, 0.5) is 0 Å². The number of rotatable bonds is 4. The standard InChI is InChI=1S/C36H66N2O2/c1-33(2,3)25-17-26(34(4,5)6)20-29(19-25)37-31(39)23-13-15-24(16-14-23)32(40)38-30-21-27(35(7,8)9)18-28(22-30)36(10,11)12/h23-30H,13-22H2,1-12H3,(H,37,39)(H,38,40). The first-order valence-electron chi connectivity index (χ1n) is 16.7. The third-order valence-electron chi connectivity index (χ3n) is 11.5. The molecule has 3 saturated carbocycles. The van der Waals surface area contributed by atoms with Crippen molar-refractivity contribution in [2.24, 2.45) is 57.2 Å². The van der Waals surface area contributed by atoms with Crippen molar-refractivity contribution in [2.75, 3.05) is 0 Å². The Kier molecular flexibility index (Phi) is 10.3. The SMILES string of the molecule is CC(C)(C)C1CC(NC(=O)C2CCC(C(=O)NC3CC(C(C)(C)C)CC(C(C)(C)C)C3)CC2)CC(C(C)(C)C)C1. The third-order valence-corrected chi connectivity index (χ3v) is 11.5. The summed E-state index contributed by atoms with van der Waals surface area (Å²) in [6.07, 6.45) is 10.2. The number of amides is 2. The van der Waals surface area contributed by atoms with Gasteiger partial charge in [0.25, 0.3) is 0 Å². The van der Waals surface area contributed by atoms with E-state index in [-0.39, 0.29) is 57.4 Å². The predicted molar refractivity (Wildman–Crippen MR) is 169 cm³/mol. The number of carbonyl (C=O) groups is 2. The Morgan fingerprint density at radius 3 is 0.850 bits per heavy atom. The van der Waals surface area contributed by atoms with Crippen LogP contribution in [-0.2, 0) is 9.59 Å². The van der Waals surface area contributed by atoms with Crippen LogP contribution in [0.3, 0.4) is 0 Å². The fraction of sp³-hybridized carbons (Fsp3) is 0.944. The van der Waals surface area contributed by atoms with Gasteiger partial charge in [-0.05, 0) is 110 Å². The van der Waals surface area contributed by atoms with Crippen LogP contribution in [0.15, 0.2) is 0 Å². The van der Waals surface area contributed by atoms with E-state index in [0.717, 1.165) is 51.4 Å². The highest BCUT2D eigenvalue weighted by Gasteiger charge is 2.42. The van der Waals surface area contributed by atoms with Gasteiger partial charge in [-0.15, -0.1) is 0 Å². The molecule has 4 unspecified atom stereocenters. The van der Waals surface area contributed by atoms with E-state index >= 15 is 0 Å². The number of carbonyl (C=O) groups excluding carboxylic acids is 2. The molecule has 3 rings (SSSR count). The van der Waals surface area contributed by atoms with E-state index in [1.165, 1.54) is 12.8 Å². The van der Waals surface area contributed by atoms with Crippen molar-refractivity contribution in [3.8, 4) is 0 Å². The Labute approximate surface area is 248 Å². The minimum atomic E-state index is 0.0531. The van der Waals surface area contributed by atoms with Gasteiger partial charge in [0.15, 0.2) is 0 Å². The first kappa shape index (κ1) is 33.4. The molecule has 4 heteroatoms. The zero-order valence-electron chi connectivity index (χ0n) is 28.5. The van der Waals surface area contributed by atoms with Gasteiger partial charge in [0, 0.05) is 23.9 Å². The van der Waals surface area contributed by atoms with Gasteiger partial charge in [0.2, 0.25) is 11.8 Å². The molecular weight excluding hydrogens is 492 g/mol. The van der Waals surface area contributed by atoms with Crippen molar-refractivity contribution in [1.82, 2.24) is 10.6 Å². The Morgan fingerprint density at radius 2 is 0.650 bits per heavy atom. The lowest BCUT2D eigenvalue weighted by molar-refractivity contribution is -0.132.